The number of carbonyl (C=O) groups excluding carboxylic acids is 1. The van der Waals surface area contributed by atoms with Gasteiger partial charge in [0.25, 0.3) is 0 Å². The number of hydrogen-bond acceptors (Lipinski definition) is 2. The molecule has 1 N–H and O–H groups in total. The Bertz CT molecular complexity index is 888. The Morgan fingerprint density at radius 2 is 2.04 bits per heavy atom. The van der Waals surface area contributed by atoms with Crippen LogP contribution >= 0.6 is 11.6 Å². The monoisotopic (exact) mass is 355 g/mol. The van der Waals surface area contributed by atoms with Crippen LogP contribution in [0.4, 0.5) is 0 Å². The lowest BCUT2D eigenvalue weighted by atomic mass is 10.1. The topological polar surface area (TPSA) is 46.9 Å². The Labute approximate surface area is 152 Å². The molecular weight excluding hydrogens is 334 g/mol. The lowest BCUT2D eigenvalue weighted by molar-refractivity contribution is -0.122. The standard InChI is InChI=1S/C20H22ClN3O/c1-3-14(2)22-20(25)13-24-18-10-5-4-9-17(18)23-19(24)12-15-7-6-8-16(21)11-15/h4-11,14H,3,12-13H2,1-2H3,(H,22,25)/t14-/m0/s1. The molecule has 1 atom stereocenters. The first kappa shape index (κ1) is 17.5. The smallest absolute Gasteiger partial charge is 0.240 e. The fourth-order valence-electron chi connectivity index (χ4n) is 2.83. The number of amides is 1. The summed E-state index contributed by atoms with van der Waals surface area (Å²) in [4.78, 5) is 17.1. The molecule has 2 aromatic carbocycles. The van der Waals surface area contributed by atoms with Crippen LogP contribution in [0, 0.1) is 0 Å². The average Bonchev–Trinajstić information content (AvgIpc) is 2.92. The number of aromatic nitrogens is 2. The van der Waals surface area contributed by atoms with Crippen LogP contribution in [0.3, 0.4) is 0 Å². The second kappa shape index (κ2) is 7.70. The summed E-state index contributed by atoms with van der Waals surface area (Å²) < 4.78 is 1.99. The molecule has 5 heteroatoms. The molecule has 3 rings (SSSR count). The maximum absolute atomic E-state index is 12.4. The molecule has 0 aliphatic carbocycles. The number of nitrogens with zero attached hydrogens (tertiary/aromatic N) is 2. The van der Waals surface area contributed by atoms with Crippen molar-refractivity contribution in [2.45, 2.75) is 39.3 Å². The van der Waals surface area contributed by atoms with Crippen LogP contribution in [0.15, 0.2) is 48.5 Å². The normalized spacial score (nSPS) is 12.3. The Hall–Kier alpha value is -2.33. The molecule has 0 bridgehead atoms. The van der Waals surface area contributed by atoms with Crippen molar-refractivity contribution < 1.29 is 4.79 Å². The Balaban J connectivity index is 1.93. The Kier molecular flexibility index (Phi) is 5.39. The summed E-state index contributed by atoms with van der Waals surface area (Å²) in [6, 6.07) is 15.8. The number of para-hydroxylation sites is 2. The average molecular weight is 356 g/mol. The minimum Gasteiger partial charge on any atom is -0.352 e. The Morgan fingerprint density at radius 1 is 1.24 bits per heavy atom. The van der Waals surface area contributed by atoms with E-state index in [1.807, 2.05) is 60.0 Å². The van der Waals surface area contributed by atoms with Crippen molar-refractivity contribution in [1.29, 1.82) is 0 Å². The maximum Gasteiger partial charge on any atom is 0.240 e. The molecule has 130 valence electrons. The van der Waals surface area contributed by atoms with Gasteiger partial charge in [-0.25, -0.2) is 4.98 Å². The fourth-order valence-corrected chi connectivity index (χ4v) is 3.05. The zero-order chi connectivity index (χ0) is 17.8. The van der Waals surface area contributed by atoms with E-state index in [2.05, 4.69) is 12.2 Å². The van der Waals surface area contributed by atoms with Gasteiger partial charge in [-0.15, -0.1) is 0 Å². The molecule has 1 heterocycles. The van der Waals surface area contributed by atoms with Crippen molar-refractivity contribution in [2.24, 2.45) is 0 Å². The molecule has 0 aliphatic rings. The predicted molar refractivity (Wildman–Crippen MR) is 102 cm³/mol. The van der Waals surface area contributed by atoms with Gasteiger partial charge in [-0.05, 0) is 43.2 Å². The van der Waals surface area contributed by atoms with E-state index in [1.54, 1.807) is 0 Å². The van der Waals surface area contributed by atoms with E-state index in [9.17, 15) is 4.79 Å². The van der Waals surface area contributed by atoms with Crippen LogP contribution in [0.1, 0.15) is 31.7 Å². The van der Waals surface area contributed by atoms with Gasteiger partial charge in [0.2, 0.25) is 5.91 Å². The summed E-state index contributed by atoms with van der Waals surface area (Å²) in [5, 5.41) is 3.73. The van der Waals surface area contributed by atoms with Crippen molar-refractivity contribution >= 4 is 28.5 Å². The van der Waals surface area contributed by atoms with E-state index in [-0.39, 0.29) is 18.5 Å². The van der Waals surface area contributed by atoms with Gasteiger partial charge in [-0.3, -0.25) is 4.79 Å². The SMILES string of the molecule is CC[C@H](C)NC(=O)Cn1c(Cc2cccc(Cl)c2)nc2ccccc21. The second-order valence-electron chi connectivity index (χ2n) is 6.29. The van der Waals surface area contributed by atoms with Gasteiger partial charge in [0.15, 0.2) is 0 Å². The Morgan fingerprint density at radius 3 is 2.80 bits per heavy atom. The van der Waals surface area contributed by atoms with Gasteiger partial charge >= 0.3 is 0 Å². The molecule has 0 aliphatic heterocycles. The summed E-state index contributed by atoms with van der Waals surface area (Å²) in [5.74, 6) is 0.868. The van der Waals surface area contributed by atoms with E-state index in [4.69, 9.17) is 16.6 Å². The van der Waals surface area contributed by atoms with E-state index in [1.165, 1.54) is 0 Å². The van der Waals surface area contributed by atoms with E-state index in [0.29, 0.717) is 11.4 Å². The molecule has 25 heavy (non-hydrogen) atoms. The largest absolute Gasteiger partial charge is 0.352 e. The molecule has 0 saturated heterocycles. The van der Waals surface area contributed by atoms with Crippen molar-refractivity contribution in [2.75, 3.05) is 0 Å². The maximum atomic E-state index is 12.4. The lowest BCUT2D eigenvalue weighted by Gasteiger charge is -2.14. The van der Waals surface area contributed by atoms with E-state index < -0.39 is 0 Å². The number of rotatable bonds is 6. The summed E-state index contributed by atoms with van der Waals surface area (Å²) in [5.41, 5.74) is 2.95. The third-order valence-electron chi connectivity index (χ3n) is 4.31. The number of hydrogen-bond donors (Lipinski definition) is 1. The first-order valence-corrected chi connectivity index (χ1v) is 8.92. The number of halogens is 1. The molecular formula is C20H22ClN3O. The number of benzene rings is 2. The van der Waals surface area contributed by atoms with Gasteiger partial charge in [-0.1, -0.05) is 42.8 Å². The first-order valence-electron chi connectivity index (χ1n) is 8.54. The fraction of sp³-hybridized carbons (Fsp3) is 0.300. The number of carbonyl (C=O) groups is 1. The third kappa shape index (κ3) is 4.20. The summed E-state index contributed by atoms with van der Waals surface area (Å²) in [6.45, 7) is 4.33. The van der Waals surface area contributed by atoms with Crippen LogP contribution in [0.2, 0.25) is 5.02 Å². The zero-order valence-corrected chi connectivity index (χ0v) is 15.3. The lowest BCUT2D eigenvalue weighted by Crippen LogP contribution is -2.34. The highest BCUT2D eigenvalue weighted by Crippen LogP contribution is 2.20. The number of nitrogens with one attached hydrogen (secondary N) is 1. The van der Waals surface area contributed by atoms with E-state index in [0.717, 1.165) is 28.8 Å². The van der Waals surface area contributed by atoms with Crippen LogP contribution in [-0.4, -0.2) is 21.5 Å². The summed E-state index contributed by atoms with van der Waals surface area (Å²) in [6.07, 6.45) is 1.54. The molecule has 0 fully saturated rings. The van der Waals surface area contributed by atoms with Gasteiger partial charge < -0.3 is 9.88 Å². The predicted octanol–water partition coefficient (Wildman–Crippen LogP) is 4.20. The molecule has 0 spiro atoms. The minimum atomic E-state index is 0.00449. The molecule has 0 unspecified atom stereocenters. The highest BCUT2D eigenvalue weighted by molar-refractivity contribution is 6.30. The van der Waals surface area contributed by atoms with Crippen molar-refractivity contribution in [3.63, 3.8) is 0 Å². The number of fused-ring (bicyclic) bond motifs is 1. The van der Waals surface area contributed by atoms with Gasteiger partial charge in [0.05, 0.1) is 11.0 Å². The molecule has 1 amide bonds. The van der Waals surface area contributed by atoms with Crippen molar-refractivity contribution in [3.05, 3.63) is 64.9 Å². The summed E-state index contributed by atoms with van der Waals surface area (Å²) >= 11 is 6.10. The van der Waals surface area contributed by atoms with Crippen LogP contribution in [-0.2, 0) is 17.8 Å². The summed E-state index contributed by atoms with van der Waals surface area (Å²) in [7, 11) is 0. The molecule has 3 aromatic rings. The molecule has 1 aromatic heterocycles. The van der Waals surface area contributed by atoms with Gasteiger partial charge in [0.1, 0.15) is 12.4 Å². The van der Waals surface area contributed by atoms with Crippen molar-refractivity contribution in [3.8, 4) is 0 Å². The van der Waals surface area contributed by atoms with Crippen LogP contribution in [0.5, 0.6) is 0 Å². The zero-order valence-electron chi connectivity index (χ0n) is 14.5. The van der Waals surface area contributed by atoms with E-state index >= 15 is 0 Å². The number of imidazole rings is 1. The molecule has 0 radical (unpaired) electrons. The highest BCUT2D eigenvalue weighted by atomic mass is 35.5. The molecule has 4 nitrogen and oxygen atoms in total. The van der Waals surface area contributed by atoms with Crippen LogP contribution < -0.4 is 5.32 Å². The molecule has 0 saturated carbocycles. The quantitative estimate of drug-likeness (QED) is 0.720. The second-order valence-corrected chi connectivity index (χ2v) is 6.72. The van der Waals surface area contributed by atoms with Gasteiger partial charge in [-0.2, -0.15) is 0 Å². The highest BCUT2D eigenvalue weighted by Gasteiger charge is 2.15. The van der Waals surface area contributed by atoms with Gasteiger partial charge in [0, 0.05) is 17.5 Å². The van der Waals surface area contributed by atoms with Crippen LogP contribution in [0.25, 0.3) is 11.0 Å². The first-order chi connectivity index (χ1) is 12.1. The van der Waals surface area contributed by atoms with Crippen molar-refractivity contribution in [1.82, 2.24) is 14.9 Å². The minimum absolute atomic E-state index is 0.00449. The third-order valence-corrected chi connectivity index (χ3v) is 4.54.